The molecule has 1 aromatic rings. The fraction of sp³-hybridized carbons (Fsp3) is 0.643. The second-order valence-electron chi connectivity index (χ2n) is 5.75. The van der Waals surface area contributed by atoms with Crippen molar-refractivity contribution in [3.63, 3.8) is 0 Å². The number of anilines is 1. The smallest absolute Gasteiger partial charge is 0.144 e. The Morgan fingerprint density at radius 1 is 1.42 bits per heavy atom. The average molecular weight is 345 g/mol. The minimum Gasteiger partial charge on any atom is -0.369 e. The van der Waals surface area contributed by atoms with Crippen LogP contribution in [0.5, 0.6) is 0 Å². The van der Waals surface area contributed by atoms with Crippen LogP contribution in [-0.4, -0.2) is 35.6 Å². The third-order valence-electron chi connectivity index (χ3n) is 4.56. The van der Waals surface area contributed by atoms with Crippen molar-refractivity contribution in [1.82, 2.24) is 9.88 Å². The van der Waals surface area contributed by atoms with E-state index < -0.39 is 0 Å². The topological polar surface area (TPSA) is 28.2 Å². The van der Waals surface area contributed by atoms with Crippen molar-refractivity contribution in [3.8, 4) is 0 Å². The van der Waals surface area contributed by atoms with Gasteiger partial charge in [-0.3, -0.25) is 0 Å². The first-order valence-corrected chi connectivity index (χ1v) is 8.07. The molecule has 5 heteroatoms. The molecule has 3 rings (SSSR count). The third kappa shape index (κ3) is 2.91. The summed E-state index contributed by atoms with van der Waals surface area (Å²) in [5.41, 5.74) is 0. The van der Waals surface area contributed by atoms with E-state index in [1.165, 1.54) is 25.7 Å². The normalized spacial score (nSPS) is 30.6. The standard InChI is InChI=1S/C14H19BrClN3/c1-19-11-2-3-12(19)5-9(4-11)7-17-14-13(16)6-10(15)8-18-14/h6,8-9,11-12H,2-5,7H2,1H3,(H,17,18). The van der Waals surface area contributed by atoms with Crippen LogP contribution < -0.4 is 5.32 Å². The van der Waals surface area contributed by atoms with Gasteiger partial charge in [0.25, 0.3) is 0 Å². The van der Waals surface area contributed by atoms with E-state index in [4.69, 9.17) is 11.6 Å². The van der Waals surface area contributed by atoms with E-state index in [0.717, 1.165) is 34.8 Å². The van der Waals surface area contributed by atoms with E-state index in [1.54, 1.807) is 6.20 Å². The van der Waals surface area contributed by atoms with E-state index in [0.29, 0.717) is 5.02 Å². The highest BCUT2D eigenvalue weighted by Gasteiger charge is 2.38. The van der Waals surface area contributed by atoms with E-state index in [-0.39, 0.29) is 0 Å². The predicted octanol–water partition coefficient (Wildman–Crippen LogP) is 3.78. The molecule has 0 saturated carbocycles. The molecule has 2 bridgehead atoms. The van der Waals surface area contributed by atoms with Gasteiger partial charge in [-0.05, 0) is 60.6 Å². The van der Waals surface area contributed by atoms with E-state index in [2.05, 4.69) is 38.2 Å². The van der Waals surface area contributed by atoms with Gasteiger partial charge in [-0.25, -0.2) is 4.98 Å². The summed E-state index contributed by atoms with van der Waals surface area (Å²) in [7, 11) is 2.28. The summed E-state index contributed by atoms with van der Waals surface area (Å²) < 4.78 is 0.917. The van der Waals surface area contributed by atoms with Crippen LogP contribution >= 0.6 is 27.5 Å². The zero-order valence-corrected chi connectivity index (χ0v) is 13.4. The monoisotopic (exact) mass is 343 g/mol. The Labute approximate surface area is 127 Å². The molecule has 2 aliphatic rings. The zero-order chi connectivity index (χ0) is 13.4. The van der Waals surface area contributed by atoms with Gasteiger partial charge < -0.3 is 10.2 Å². The number of hydrogen-bond donors (Lipinski definition) is 1. The van der Waals surface area contributed by atoms with Crippen molar-refractivity contribution in [3.05, 3.63) is 21.8 Å². The lowest BCUT2D eigenvalue weighted by atomic mass is 9.91. The van der Waals surface area contributed by atoms with Gasteiger partial charge in [-0.1, -0.05) is 11.6 Å². The lowest BCUT2D eigenvalue weighted by molar-refractivity contribution is 0.139. The molecule has 2 aliphatic heterocycles. The van der Waals surface area contributed by atoms with Gasteiger partial charge in [0.15, 0.2) is 0 Å². The number of fused-ring (bicyclic) bond motifs is 2. The quantitative estimate of drug-likeness (QED) is 0.904. The number of piperidine rings is 1. The Kier molecular flexibility index (Phi) is 4.01. The first-order chi connectivity index (χ1) is 9.13. The summed E-state index contributed by atoms with van der Waals surface area (Å²) in [5, 5.41) is 4.10. The Morgan fingerprint density at radius 2 is 2.11 bits per heavy atom. The van der Waals surface area contributed by atoms with Crippen LogP contribution in [0, 0.1) is 5.92 Å². The maximum atomic E-state index is 6.18. The van der Waals surface area contributed by atoms with E-state index in [9.17, 15) is 0 Å². The molecule has 3 nitrogen and oxygen atoms in total. The molecule has 0 radical (unpaired) electrons. The summed E-state index contributed by atoms with van der Waals surface area (Å²) in [6, 6.07) is 3.47. The van der Waals surface area contributed by atoms with Crippen molar-refractivity contribution >= 4 is 33.3 Å². The van der Waals surface area contributed by atoms with Crippen molar-refractivity contribution in [2.75, 3.05) is 18.9 Å². The van der Waals surface area contributed by atoms with Crippen molar-refractivity contribution in [2.24, 2.45) is 5.92 Å². The minimum atomic E-state index is 0.685. The number of nitrogens with one attached hydrogen (secondary N) is 1. The summed E-state index contributed by atoms with van der Waals surface area (Å²) in [5.74, 6) is 1.55. The van der Waals surface area contributed by atoms with Gasteiger partial charge >= 0.3 is 0 Å². The van der Waals surface area contributed by atoms with Gasteiger partial charge in [-0.2, -0.15) is 0 Å². The van der Waals surface area contributed by atoms with Crippen LogP contribution in [0.15, 0.2) is 16.7 Å². The molecule has 19 heavy (non-hydrogen) atoms. The first-order valence-electron chi connectivity index (χ1n) is 6.90. The average Bonchev–Trinajstić information content (AvgIpc) is 2.62. The van der Waals surface area contributed by atoms with Crippen LogP contribution in [0.3, 0.4) is 0 Å². The van der Waals surface area contributed by atoms with Crippen LogP contribution in [0.1, 0.15) is 25.7 Å². The Hall–Kier alpha value is -0.320. The number of halogens is 2. The lowest BCUT2D eigenvalue weighted by Crippen LogP contribution is -2.41. The van der Waals surface area contributed by atoms with Crippen molar-refractivity contribution in [2.45, 2.75) is 37.8 Å². The molecule has 0 aliphatic carbocycles. The second-order valence-corrected chi connectivity index (χ2v) is 7.08. The van der Waals surface area contributed by atoms with Crippen molar-refractivity contribution < 1.29 is 0 Å². The van der Waals surface area contributed by atoms with Gasteiger partial charge in [0, 0.05) is 29.3 Å². The molecule has 104 valence electrons. The SMILES string of the molecule is CN1C2CCC1CC(CNc1ncc(Br)cc1Cl)C2. The highest BCUT2D eigenvalue weighted by atomic mass is 79.9. The number of aromatic nitrogens is 1. The summed E-state index contributed by atoms with van der Waals surface area (Å²) in [4.78, 5) is 6.90. The van der Waals surface area contributed by atoms with E-state index >= 15 is 0 Å². The lowest BCUT2D eigenvalue weighted by Gasteiger charge is -2.36. The first kappa shape index (κ1) is 13.7. The third-order valence-corrected chi connectivity index (χ3v) is 5.28. The Bertz CT molecular complexity index is 454. The number of pyridine rings is 1. The predicted molar refractivity (Wildman–Crippen MR) is 82.7 cm³/mol. The van der Waals surface area contributed by atoms with Gasteiger partial charge in [0.05, 0.1) is 5.02 Å². The highest BCUT2D eigenvalue weighted by Crippen LogP contribution is 2.37. The number of nitrogens with zero attached hydrogens (tertiary/aromatic N) is 2. The minimum absolute atomic E-state index is 0.685. The summed E-state index contributed by atoms with van der Waals surface area (Å²) >= 11 is 9.55. The maximum Gasteiger partial charge on any atom is 0.144 e. The molecule has 0 spiro atoms. The molecule has 0 amide bonds. The van der Waals surface area contributed by atoms with Crippen LogP contribution in [0.2, 0.25) is 5.02 Å². The fourth-order valence-corrected chi connectivity index (χ4v) is 4.17. The van der Waals surface area contributed by atoms with E-state index in [1.807, 2.05) is 6.07 Å². The van der Waals surface area contributed by atoms with Crippen molar-refractivity contribution in [1.29, 1.82) is 0 Å². The molecule has 0 aromatic carbocycles. The Morgan fingerprint density at radius 3 is 2.74 bits per heavy atom. The number of hydrogen-bond acceptors (Lipinski definition) is 3. The summed E-state index contributed by atoms with van der Waals surface area (Å²) in [6.45, 7) is 0.981. The zero-order valence-electron chi connectivity index (χ0n) is 11.1. The maximum absolute atomic E-state index is 6.18. The molecular formula is C14H19BrClN3. The fourth-order valence-electron chi connectivity index (χ4n) is 3.48. The molecule has 1 aromatic heterocycles. The van der Waals surface area contributed by atoms with Gasteiger partial charge in [-0.15, -0.1) is 0 Å². The second kappa shape index (κ2) is 5.58. The molecule has 2 atom stereocenters. The molecule has 2 fully saturated rings. The summed E-state index contributed by atoms with van der Waals surface area (Å²) in [6.07, 6.45) is 7.12. The van der Waals surface area contributed by atoms with Gasteiger partial charge in [0.1, 0.15) is 5.82 Å². The molecule has 2 unspecified atom stereocenters. The molecular weight excluding hydrogens is 326 g/mol. The number of rotatable bonds is 3. The van der Waals surface area contributed by atoms with Crippen LogP contribution in [0.25, 0.3) is 0 Å². The van der Waals surface area contributed by atoms with Gasteiger partial charge in [0.2, 0.25) is 0 Å². The Balaban J connectivity index is 1.58. The van der Waals surface area contributed by atoms with Crippen LogP contribution in [-0.2, 0) is 0 Å². The highest BCUT2D eigenvalue weighted by molar-refractivity contribution is 9.10. The largest absolute Gasteiger partial charge is 0.369 e. The molecule has 2 saturated heterocycles. The van der Waals surface area contributed by atoms with Crippen LogP contribution in [0.4, 0.5) is 5.82 Å². The molecule has 1 N–H and O–H groups in total. The molecule has 3 heterocycles.